The molecule has 3 aromatic rings. The van der Waals surface area contributed by atoms with E-state index in [0.29, 0.717) is 27.1 Å². The van der Waals surface area contributed by atoms with Crippen LogP contribution >= 0.6 is 11.8 Å². The number of nitrogens with zero attached hydrogens (tertiary/aromatic N) is 2. The van der Waals surface area contributed by atoms with Crippen LogP contribution in [-0.2, 0) is 9.59 Å². The molecule has 3 aromatic carbocycles. The lowest BCUT2D eigenvalue weighted by atomic mass is 10.1. The van der Waals surface area contributed by atoms with Crippen molar-refractivity contribution in [2.24, 2.45) is 4.99 Å². The summed E-state index contributed by atoms with van der Waals surface area (Å²) in [5.41, 5.74) is 2.11. The fraction of sp³-hybridized carbons (Fsp3) is 0.115. The molecule has 0 spiro atoms. The normalized spacial score (nSPS) is 15.6. The van der Waals surface area contributed by atoms with Gasteiger partial charge < -0.3 is 14.2 Å². The van der Waals surface area contributed by atoms with Crippen molar-refractivity contribution in [2.75, 3.05) is 19.1 Å². The number of amides is 1. The number of hydrogen-bond donors (Lipinski definition) is 0. The van der Waals surface area contributed by atoms with Crippen LogP contribution in [0.3, 0.4) is 0 Å². The molecular formula is C26H22N2O5S. The molecule has 0 radical (unpaired) electrons. The average Bonchev–Trinajstić information content (AvgIpc) is 3.14. The quantitative estimate of drug-likeness (QED) is 0.269. The Labute approximate surface area is 201 Å². The number of esters is 1. The third-order valence-corrected chi connectivity index (χ3v) is 5.80. The van der Waals surface area contributed by atoms with Gasteiger partial charge in [-0.2, -0.15) is 0 Å². The summed E-state index contributed by atoms with van der Waals surface area (Å²) >= 11 is 1.27. The molecule has 1 aliphatic rings. The number of hydrogen-bond acceptors (Lipinski definition) is 7. The van der Waals surface area contributed by atoms with E-state index in [1.54, 1.807) is 23.1 Å². The number of para-hydroxylation sites is 2. The van der Waals surface area contributed by atoms with Gasteiger partial charge in [-0.1, -0.05) is 36.4 Å². The molecule has 7 nitrogen and oxygen atoms in total. The van der Waals surface area contributed by atoms with Gasteiger partial charge in [-0.05, 0) is 59.8 Å². The maximum Gasteiger partial charge on any atom is 0.308 e. The fourth-order valence-electron chi connectivity index (χ4n) is 3.35. The first kappa shape index (κ1) is 23.1. The minimum Gasteiger partial charge on any atom is -0.493 e. The Kier molecular flexibility index (Phi) is 6.98. The van der Waals surface area contributed by atoms with Crippen molar-refractivity contribution < 1.29 is 23.8 Å². The zero-order chi connectivity index (χ0) is 24.1. The van der Waals surface area contributed by atoms with Crippen molar-refractivity contribution in [2.45, 2.75) is 6.92 Å². The van der Waals surface area contributed by atoms with Gasteiger partial charge in [0, 0.05) is 6.92 Å². The molecule has 0 bridgehead atoms. The van der Waals surface area contributed by atoms with E-state index >= 15 is 0 Å². The molecule has 0 aromatic heterocycles. The van der Waals surface area contributed by atoms with E-state index in [2.05, 4.69) is 0 Å². The molecule has 1 amide bonds. The van der Waals surface area contributed by atoms with Crippen LogP contribution in [0.4, 0.5) is 11.4 Å². The number of amidine groups is 1. The SMILES string of the molecule is COc1cc(/C=C2\SC(=Nc3ccccc3)N(c3ccccc3)C2=O)cc(OC)c1OC(C)=O. The van der Waals surface area contributed by atoms with Crippen molar-refractivity contribution >= 4 is 46.3 Å². The molecule has 0 unspecified atom stereocenters. The van der Waals surface area contributed by atoms with Crippen molar-refractivity contribution in [3.05, 3.63) is 83.3 Å². The molecule has 34 heavy (non-hydrogen) atoms. The predicted molar refractivity (Wildman–Crippen MR) is 134 cm³/mol. The zero-order valence-corrected chi connectivity index (χ0v) is 19.7. The van der Waals surface area contributed by atoms with Gasteiger partial charge in [-0.25, -0.2) is 4.99 Å². The van der Waals surface area contributed by atoms with Gasteiger partial charge in [-0.3, -0.25) is 14.5 Å². The van der Waals surface area contributed by atoms with E-state index < -0.39 is 5.97 Å². The lowest BCUT2D eigenvalue weighted by molar-refractivity contribution is -0.132. The molecule has 172 valence electrons. The molecule has 4 rings (SSSR count). The molecule has 1 heterocycles. The molecule has 1 saturated heterocycles. The Hall–Kier alpha value is -4.04. The molecular weight excluding hydrogens is 452 g/mol. The summed E-state index contributed by atoms with van der Waals surface area (Å²) in [5.74, 6) is 0.115. The summed E-state index contributed by atoms with van der Waals surface area (Å²) in [6.45, 7) is 1.30. The molecule has 0 atom stereocenters. The third-order valence-electron chi connectivity index (χ3n) is 4.83. The molecule has 0 aliphatic carbocycles. The second kappa shape index (κ2) is 10.3. The Morgan fingerprint density at radius 3 is 2.09 bits per heavy atom. The molecule has 8 heteroatoms. The number of carbonyl (C=O) groups is 2. The zero-order valence-electron chi connectivity index (χ0n) is 18.8. The van der Waals surface area contributed by atoms with Crippen LogP contribution in [0.25, 0.3) is 6.08 Å². The highest BCUT2D eigenvalue weighted by molar-refractivity contribution is 8.19. The van der Waals surface area contributed by atoms with Crippen LogP contribution in [0.1, 0.15) is 12.5 Å². The number of carbonyl (C=O) groups excluding carboxylic acids is 2. The van der Waals surface area contributed by atoms with Gasteiger partial charge in [0.1, 0.15) is 0 Å². The smallest absolute Gasteiger partial charge is 0.308 e. The Morgan fingerprint density at radius 2 is 1.53 bits per heavy atom. The highest BCUT2D eigenvalue weighted by atomic mass is 32.2. The number of benzene rings is 3. The summed E-state index contributed by atoms with van der Waals surface area (Å²) in [7, 11) is 2.94. The molecule has 0 N–H and O–H groups in total. The number of rotatable bonds is 6. The molecule has 0 saturated carbocycles. The van der Waals surface area contributed by atoms with E-state index in [9.17, 15) is 9.59 Å². The molecule has 1 aliphatic heterocycles. The van der Waals surface area contributed by atoms with E-state index in [0.717, 1.165) is 11.4 Å². The van der Waals surface area contributed by atoms with Gasteiger partial charge in [0.2, 0.25) is 5.75 Å². The maximum atomic E-state index is 13.5. The summed E-state index contributed by atoms with van der Waals surface area (Å²) in [5, 5.41) is 0.545. The maximum absolute atomic E-state index is 13.5. The second-order valence-corrected chi connectivity index (χ2v) is 8.17. The highest BCUT2D eigenvalue weighted by Crippen LogP contribution is 2.41. The first-order chi connectivity index (χ1) is 16.5. The largest absolute Gasteiger partial charge is 0.493 e. The predicted octanol–water partition coefficient (Wildman–Crippen LogP) is 5.44. The van der Waals surface area contributed by atoms with E-state index in [1.807, 2.05) is 60.7 Å². The summed E-state index contributed by atoms with van der Waals surface area (Å²) in [4.78, 5) is 31.7. The van der Waals surface area contributed by atoms with Crippen LogP contribution in [-0.4, -0.2) is 31.3 Å². The summed E-state index contributed by atoms with van der Waals surface area (Å²) in [6.07, 6.45) is 1.74. The van der Waals surface area contributed by atoms with E-state index in [4.69, 9.17) is 19.2 Å². The first-order valence-electron chi connectivity index (χ1n) is 10.4. The van der Waals surface area contributed by atoms with Gasteiger partial charge in [0.15, 0.2) is 16.7 Å². The first-order valence-corrected chi connectivity index (χ1v) is 11.2. The van der Waals surface area contributed by atoms with Gasteiger partial charge in [0.25, 0.3) is 5.91 Å². The van der Waals surface area contributed by atoms with Crippen LogP contribution in [0.5, 0.6) is 17.2 Å². The van der Waals surface area contributed by atoms with Crippen LogP contribution in [0, 0.1) is 0 Å². The van der Waals surface area contributed by atoms with Crippen LogP contribution < -0.4 is 19.1 Å². The van der Waals surface area contributed by atoms with Crippen LogP contribution in [0.15, 0.2) is 82.7 Å². The highest BCUT2D eigenvalue weighted by Gasteiger charge is 2.34. The van der Waals surface area contributed by atoms with Crippen molar-refractivity contribution in [1.82, 2.24) is 0 Å². The van der Waals surface area contributed by atoms with Gasteiger partial charge in [-0.15, -0.1) is 0 Å². The Bertz CT molecular complexity index is 1250. The third kappa shape index (κ3) is 4.97. The number of methoxy groups -OCH3 is 2. The Balaban J connectivity index is 1.77. The summed E-state index contributed by atoms with van der Waals surface area (Å²) in [6, 6.07) is 22.2. The second-order valence-electron chi connectivity index (χ2n) is 7.16. The minimum absolute atomic E-state index is 0.183. The lowest BCUT2D eigenvalue weighted by Gasteiger charge is -2.15. The number of ether oxygens (including phenoxy) is 3. The van der Waals surface area contributed by atoms with Crippen molar-refractivity contribution in [3.63, 3.8) is 0 Å². The van der Waals surface area contributed by atoms with E-state index in [1.165, 1.54) is 32.9 Å². The number of thioether (sulfide) groups is 1. The Morgan fingerprint density at radius 1 is 0.941 bits per heavy atom. The molecule has 1 fully saturated rings. The summed E-state index contributed by atoms with van der Waals surface area (Å²) < 4.78 is 16.1. The topological polar surface area (TPSA) is 77.4 Å². The van der Waals surface area contributed by atoms with Crippen molar-refractivity contribution in [3.8, 4) is 17.2 Å². The van der Waals surface area contributed by atoms with Gasteiger partial charge in [0.05, 0.1) is 30.5 Å². The number of aliphatic imine (C=N–C) groups is 1. The average molecular weight is 475 g/mol. The minimum atomic E-state index is -0.496. The standard InChI is InChI=1S/C26H22N2O5S/c1-17(29)33-24-21(31-2)14-18(15-22(24)32-3)16-23-25(30)28(20-12-8-5-9-13-20)26(34-23)27-19-10-6-4-7-11-19/h4-16H,1-3H3/b23-16-,27-26?. The lowest BCUT2D eigenvalue weighted by Crippen LogP contribution is -2.28. The van der Waals surface area contributed by atoms with E-state index in [-0.39, 0.29) is 11.7 Å². The monoisotopic (exact) mass is 474 g/mol. The number of anilines is 1. The van der Waals surface area contributed by atoms with Crippen molar-refractivity contribution in [1.29, 1.82) is 0 Å². The fourth-order valence-corrected chi connectivity index (χ4v) is 4.35. The van der Waals surface area contributed by atoms with Gasteiger partial charge >= 0.3 is 5.97 Å². The van der Waals surface area contributed by atoms with Crippen LogP contribution in [0.2, 0.25) is 0 Å².